The largest absolute Gasteiger partial charge is 0.457 e. The van der Waals surface area contributed by atoms with E-state index in [0.29, 0.717) is 17.1 Å². The Balaban J connectivity index is 0.882. The lowest BCUT2D eigenvalue weighted by molar-refractivity contribution is 0.434. The van der Waals surface area contributed by atoms with E-state index < -0.39 is 48.4 Å². The van der Waals surface area contributed by atoms with Crippen molar-refractivity contribution in [3.05, 3.63) is 453 Å². The van der Waals surface area contributed by atoms with Crippen molar-refractivity contribution in [2.24, 2.45) is 0 Å². The van der Waals surface area contributed by atoms with Gasteiger partial charge in [0.05, 0.1) is 49.8 Å². The summed E-state index contributed by atoms with van der Waals surface area (Å²) in [6.07, 6.45) is 0. The summed E-state index contributed by atoms with van der Waals surface area (Å²) < 4.78 is 87.6. The molecule has 5 heterocycles. The maximum Gasteiger partial charge on any atom is 0.252 e. The lowest BCUT2D eigenvalue weighted by Crippen LogP contribution is -2.61. The number of ether oxygens (including phenoxy) is 1. The Morgan fingerprint density at radius 2 is 0.652 bits per heavy atom. The first-order valence-electron chi connectivity index (χ1n) is 43.1. The number of fused-ring (bicyclic) bond motifs is 12. The molecule has 0 saturated heterocycles. The van der Waals surface area contributed by atoms with Gasteiger partial charge in [0.1, 0.15) is 11.5 Å². The molecule has 6 heteroatoms. The van der Waals surface area contributed by atoms with E-state index in [4.69, 9.17) is 7.48 Å². The minimum Gasteiger partial charge on any atom is -0.457 e. The number of hydrogen-bond acceptors (Lipinski definition) is 3. The van der Waals surface area contributed by atoms with Crippen LogP contribution >= 0.6 is 0 Å². The normalized spacial score (nSPS) is 13.9. The van der Waals surface area contributed by atoms with Crippen molar-refractivity contribution in [3.8, 4) is 89.6 Å². The maximum atomic E-state index is 9.96. The molecule has 0 bridgehead atoms. The number of aromatic nitrogens is 2. The first-order valence-corrected chi connectivity index (χ1v) is 39.1. The Kier molecular flexibility index (Phi) is 13.4. The SMILES string of the molecule is [2H]c1c([2H])c([2H])c2c(c1[2H])c1c([2H])c([2H])c([2H])c([2H])c1n2-c1ccc2c(c1)N(c1c(-c3ccccc3)cccc1-c1ccccc1)c1cc(-c3ccc4c(c3)C(c3ccccc3)(c3ccccc3)c3ccccc3O4)cc3c1B2c1ccc(-c2ccc(-n4c5ccccc5c5ccccc54)cc2)cc1N3c1c(-c2ccccc2)cccc1-c1ccccc1. The Morgan fingerprint density at radius 1 is 0.261 bits per heavy atom. The van der Waals surface area contributed by atoms with Crippen LogP contribution in [0.15, 0.2) is 431 Å². The van der Waals surface area contributed by atoms with Crippen LogP contribution in [-0.2, 0) is 5.41 Å². The summed E-state index contributed by atoms with van der Waals surface area (Å²) >= 11 is 0. The highest BCUT2D eigenvalue weighted by molar-refractivity contribution is 7.00. The van der Waals surface area contributed by atoms with Crippen LogP contribution in [0.5, 0.6) is 11.5 Å². The summed E-state index contributed by atoms with van der Waals surface area (Å²) in [6, 6.07) is 133. The molecule has 23 rings (SSSR count). The molecule has 536 valence electrons. The van der Waals surface area contributed by atoms with E-state index in [1.54, 1.807) is 4.57 Å². The summed E-state index contributed by atoms with van der Waals surface area (Å²) in [7, 11) is 0. The van der Waals surface area contributed by atoms with Gasteiger partial charge in [-0.2, -0.15) is 0 Å². The Labute approximate surface area is 679 Å². The number of benzene rings is 18. The van der Waals surface area contributed by atoms with Crippen LogP contribution in [-0.4, -0.2) is 15.8 Å². The van der Waals surface area contributed by atoms with Crippen LogP contribution in [0.25, 0.3) is 122 Å². The van der Waals surface area contributed by atoms with Crippen molar-refractivity contribution in [2.45, 2.75) is 5.41 Å². The molecular formula is C109H71BN4O. The van der Waals surface area contributed by atoms with Crippen molar-refractivity contribution in [1.29, 1.82) is 0 Å². The van der Waals surface area contributed by atoms with Crippen molar-refractivity contribution in [3.63, 3.8) is 0 Å². The van der Waals surface area contributed by atoms with E-state index in [0.717, 1.165) is 156 Å². The molecular weight excluding hydrogens is 1390 g/mol. The molecule has 0 amide bonds. The quantitative estimate of drug-likeness (QED) is 0.114. The van der Waals surface area contributed by atoms with Crippen molar-refractivity contribution in [1.82, 2.24) is 9.13 Å². The van der Waals surface area contributed by atoms with E-state index >= 15 is 0 Å². The van der Waals surface area contributed by atoms with Crippen LogP contribution in [0.3, 0.4) is 0 Å². The first kappa shape index (κ1) is 58.0. The molecule has 5 nitrogen and oxygen atoms in total. The van der Waals surface area contributed by atoms with Gasteiger partial charge in [-0.25, -0.2) is 0 Å². The molecule has 115 heavy (non-hydrogen) atoms. The predicted octanol–water partition coefficient (Wildman–Crippen LogP) is 26.5. The summed E-state index contributed by atoms with van der Waals surface area (Å²) in [5, 5.41) is 2.35. The van der Waals surface area contributed by atoms with Crippen LogP contribution in [0.4, 0.5) is 34.1 Å². The molecule has 3 aliphatic heterocycles. The second-order valence-electron chi connectivity index (χ2n) is 29.9. The van der Waals surface area contributed by atoms with E-state index in [2.05, 4.69) is 372 Å². The number of hydrogen-bond donors (Lipinski definition) is 0. The Hall–Kier alpha value is -15.0. The van der Waals surface area contributed by atoms with Crippen molar-refractivity contribution >= 4 is 101 Å². The van der Waals surface area contributed by atoms with Gasteiger partial charge < -0.3 is 23.7 Å². The summed E-state index contributed by atoms with van der Waals surface area (Å²) in [6.45, 7) is -0.569. The van der Waals surface area contributed by atoms with Crippen LogP contribution in [0, 0.1) is 0 Å². The van der Waals surface area contributed by atoms with Crippen LogP contribution in [0.1, 0.15) is 33.2 Å². The Bertz CT molecular complexity index is 7480. The lowest BCUT2D eigenvalue weighted by Gasteiger charge is -2.46. The Morgan fingerprint density at radius 3 is 1.17 bits per heavy atom. The smallest absolute Gasteiger partial charge is 0.252 e. The van der Waals surface area contributed by atoms with Gasteiger partial charge >= 0.3 is 0 Å². The van der Waals surface area contributed by atoms with E-state index in [-0.39, 0.29) is 33.9 Å². The lowest BCUT2D eigenvalue weighted by atomic mass is 9.33. The number of anilines is 6. The van der Waals surface area contributed by atoms with E-state index in [9.17, 15) is 8.22 Å². The molecule has 0 saturated carbocycles. The molecule has 18 aromatic carbocycles. The monoisotopic (exact) mass is 1470 g/mol. The molecule has 0 unspecified atom stereocenters. The molecule has 0 N–H and O–H groups in total. The van der Waals surface area contributed by atoms with Gasteiger partial charge in [-0.1, -0.05) is 346 Å². The fraction of sp³-hybridized carbons (Fsp3) is 0.00917. The molecule has 20 aromatic rings. The van der Waals surface area contributed by atoms with Crippen molar-refractivity contribution in [2.75, 3.05) is 9.80 Å². The summed E-state index contributed by atoms with van der Waals surface area (Å²) in [4.78, 5) is 4.98. The zero-order chi connectivity index (χ0) is 82.6. The zero-order valence-electron chi connectivity index (χ0n) is 70.1. The number of para-hydroxylation sites is 7. The third kappa shape index (κ3) is 10.3. The standard InChI is InChI=1S/C109H71BN4O/c1-7-31-73(32-8-1)84-47-29-48-85(74-33-9-2-10-34-74)107(84)113-100-68-78(72-57-61-82(62-58-72)111-96-52-24-19-43-88(96)89-44-20-25-53-97(89)111)59-64-94(100)110-95-65-63-83(112-98-54-26-21-45-90(98)91-46-22-27-55-99(91)112)71-101(95)114(108-86(75-35-11-3-12-36-75)49-30-50-87(108)76-37-13-4-14-38-76)103-70-79(69-102(113)106(103)110)77-60-66-105-93(67-77)109(80-39-15-5-16-40-80,81-41-17-6-18-42-81)92-51-23-28-56-104(92)115-105/h1-71H/i21D,22D,26D,27D,45D,46D,54D,55D. The van der Waals surface area contributed by atoms with Crippen LogP contribution < -0.4 is 30.9 Å². The fourth-order valence-corrected chi connectivity index (χ4v) is 19.0. The van der Waals surface area contributed by atoms with Gasteiger partial charge in [0.2, 0.25) is 0 Å². The second kappa shape index (κ2) is 26.6. The van der Waals surface area contributed by atoms with Gasteiger partial charge in [-0.05, 0) is 157 Å². The minimum atomic E-state index is -0.906. The highest BCUT2D eigenvalue weighted by Gasteiger charge is 2.48. The molecule has 0 aliphatic carbocycles. The fourth-order valence-electron chi connectivity index (χ4n) is 19.0. The third-order valence-corrected chi connectivity index (χ3v) is 23.9. The summed E-state index contributed by atoms with van der Waals surface area (Å²) in [5.74, 6) is 1.47. The second-order valence-corrected chi connectivity index (χ2v) is 29.9. The molecule has 0 atom stereocenters. The molecule has 0 radical (unpaired) electrons. The molecule has 2 aromatic heterocycles. The average molecular weight is 1470 g/mol. The minimum absolute atomic E-state index is 0.00964. The molecule has 0 spiro atoms. The van der Waals surface area contributed by atoms with E-state index in [1.165, 1.54) is 10.8 Å². The van der Waals surface area contributed by atoms with Gasteiger partial charge in [0, 0.05) is 89.0 Å². The van der Waals surface area contributed by atoms with Crippen LogP contribution in [0.2, 0.25) is 0 Å². The first-order chi connectivity index (χ1) is 60.4. The highest BCUT2D eigenvalue weighted by atomic mass is 16.5. The van der Waals surface area contributed by atoms with E-state index in [1.807, 2.05) is 24.3 Å². The molecule has 0 fully saturated rings. The van der Waals surface area contributed by atoms with Gasteiger partial charge in [-0.15, -0.1) is 0 Å². The number of nitrogens with zero attached hydrogens (tertiary/aromatic N) is 4. The maximum absolute atomic E-state index is 9.96. The van der Waals surface area contributed by atoms with Crippen molar-refractivity contribution < 1.29 is 15.7 Å². The third-order valence-electron chi connectivity index (χ3n) is 23.9. The topological polar surface area (TPSA) is 25.6 Å². The van der Waals surface area contributed by atoms with Gasteiger partial charge in [0.25, 0.3) is 6.71 Å². The highest BCUT2D eigenvalue weighted by Crippen LogP contribution is 2.59. The average Bonchev–Trinajstić information content (AvgIpc) is 1.47. The molecule has 3 aliphatic rings. The number of rotatable bonds is 12. The zero-order valence-corrected chi connectivity index (χ0v) is 62.1. The summed E-state index contributed by atoms with van der Waals surface area (Å²) in [5.41, 5.74) is 26.5. The van der Waals surface area contributed by atoms with Gasteiger partial charge in [0.15, 0.2) is 0 Å². The predicted molar refractivity (Wildman–Crippen MR) is 480 cm³/mol. The van der Waals surface area contributed by atoms with Gasteiger partial charge in [-0.3, -0.25) is 0 Å².